The minimum Gasteiger partial charge on any atom is -0.483 e. The van der Waals surface area contributed by atoms with Crippen molar-refractivity contribution < 1.29 is 27.6 Å². The van der Waals surface area contributed by atoms with Gasteiger partial charge >= 0.3 is 6.18 Å². The zero-order valence-corrected chi connectivity index (χ0v) is 11.1. The molecular formula is C12H13F3N2O4. The summed E-state index contributed by atoms with van der Waals surface area (Å²) in [5, 5.41) is 12.9. The van der Waals surface area contributed by atoms with Gasteiger partial charge in [-0.2, -0.15) is 13.2 Å². The molecule has 21 heavy (non-hydrogen) atoms. The van der Waals surface area contributed by atoms with Crippen LogP contribution in [0.25, 0.3) is 0 Å². The van der Waals surface area contributed by atoms with Crippen LogP contribution in [0.1, 0.15) is 18.9 Å². The smallest absolute Gasteiger partial charge is 0.420 e. The molecule has 1 amide bonds. The Labute approximate surface area is 118 Å². The van der Waals surface area contributed by atoms with Gasteiger partial charge in [0.2, 0.25) is 0 Å². The summed E-state index contributed by atoms with van der Waals surface area (Å²) >= 11 is 0. The second-order valence-electron chi connectivity index (χ2n) is 4.07. The van der Waals surface area contributed by atoms with Crippen LogP contribution in [-0.4, -0.2) is 24.0 Å². The van der Waals surface area contributed by atoms with Gasteiger partial charge in [-0.3, -0.25) is 14.9 Å². The van der Waals surface area contributed by atoms with Gasteiger partial charge in [-0.15, -0.1) is 0 Å². The maximum atomic E-state index is 12.8. The maximum Gasteiger partial charge on any atom is 0.420 e. The number of nitrogens with one attached hydrogen (secondary N) is 1. The fourth-order valence-corrected chi connectivity index (χ4v) is 1.44. The first-order valence-electron chi connectivity index (χ1n) is 6.00. The second kappa shape index (κ2) is 6.91. The summed E-state index contributed by atoms with van der Waals surface area (Å²) in [6, 6.07) is 2.09. The van der Waals surface area contributed by atoms with Crippen molar-refractivity contribution in [1.82, 2.24) is 5.32 Å². The van der Waals surface area contributed by atoms with Crippen molar-refractivity contribution in [3.63, 3.8) is 0 Å². The number of rotatable bonds is 6. The molecule has 9 heteroatoms. The number of carbonyl (C=O) groups is 1. The lowest BCUT2D eigenvalue weighted by Gasteiger charge is -2.13. The molecule has 1 aromatic rings. The maximum absolute atomic E-state index is 12.8. The van der Waals surface area contributed by atoms with Crippen LogP contribution in [0, 0.1) is 10.1 Å². The zero-order valence-electron chi connectivity index (χ0n) is 11.1. The molecule has 0 radical (unpaired) electrons. The minimum absolute atomic E-state index is 0.374. The number of alkyl halides is 3. The van der Waals surface area contributed by atoms with Crippen molar-refractivity contribution in [1.29, 1.82) is 0 Å². The Morgan fingerprint density at radius 2 is 2.10 bits per heavy atom. The SMILES string of the molecule is CCCNC(=O)COc1ccc([N+](=O)[O-])cc1C(F)(F)F. The van der Waals surface area contributed by atoms with Gasteiger partial charge in [0.1, 0.15) is 11.3 Å². The monoisotopic (exact) mass is 306 g/mol. The van der Waals surface area contributed by atoms with E-state index in [9.17, 15) is 28.1 Å². The van der Waals surface area contributed by atoms with Gasteiger partial charge in [-0.25, -0.2) is 0 Å². The molecule has 0 saturated heterocycles. The van der Waals surface area contributed by atoms with Crippen molar-refractivity contribution in [2.24, 2.45) is 0 Å². The number of amides is 1. The predicted octanol–water partition coefficient (Wildman–Crippen LogP) is 2.52. The summed E-state index contributed by atoms with van der Waals surface area (Å²) in [4.78, 5) is 20.9. The molecular weight excluding hydrogens is 293 g/mol. The molecule has 0 atom stereocenters. The van der Waals surface area contributed by atoms with E-state index in [0.717, 1.165) is 12.1 Å². The lowest BCUT2D eigenvalue weighted by molar-refractivity contribution is -0.385. The Hall–Kier alpha value is -2.32. The lowest BCUT2D eigenvalue weighted by atomic mass is 10.1. The Kier molecular flexibility index (Phi) is 5.51. The van der Waals surface area contributed by atoms with Crippen LogP contribution in [0.3, 0.4) is 0 Å². The number of hydrogen-bond donors (Lipinski definition) is 1. The standard InChI is InChI=1S/C12H13F3N2O4/c1-2-5-16-11(18)7-21-10-4-3-8(17(19)20)6-9(10)12(13,14)15/h3-4,6H,2,5,7H2,1H3,(H,16,18). The van der Waals surface area contributed by atoms with Gasteiger partial charge in [-0.05, 0) is 12.5 Å². The van der Waals surface area contributed by atoms with E-state index in [1.165, 1.54) is 0 Å². The summed E-state index contributed by atoms with van der Waals surface area (Å²) in [5.74, 6) is -1.19. The summed E-state index contributed by atoms with van der Waals surface area (Å²) in [5.41, 5.74) is -2.00. The summed E-state index contributed by atoms with van der Waals surface area (Å²) in [6.07, 6.45) is -4.14. The molecule has 0 saturated carbocycles. The van der Waals surface area contributed by atoms with Gasteiger partial charge in [0.05, 0.1) is 4.92 Å². The highest BCUT2D eigenvalue weighted by molar-refractivity contribution is 5.77. The molecule has 1 rings (SSSR count). The van der Waals surface area contributed by atoms with Crippen LogP contribution in [0.5, 0.6) is 5.75 Å². The highest BCUT2D eigenvalue weighted by Gasteiger charge is 2.36. The van der Waals surface area contributed by atoms with Crippen molar-refractivity contribution in [2.75, 3.05) is 13.2 Å². The van der Waals surface area contributed by atoms with E-state index < -0.39 is 40.6 Å². The first-order valence-corrected chi connectivity index (χ1v) is 6.00. The summed E-state index contributed by atoms with van der Waals surface area (Å²) < 4.78 is 43.2. The number of hydrogen-bond acceptors (Lipinski definition) is 4. The molecule has 1 N–H and O–H groups in total. The van der Waals surface area contributed by atoms with Gasteiger partial charge in [0, 0.05) is 18.7 Å². The first kappa shape index (κ1) is 16.7. The third kappa shape index (κ3) is 4.93. The zero-order chi connectivity index (χ0) is 16.0. The number of non-ortho nitro benzene ring substituents is 1. The molecule has 0 bridgehead atoms. The number of nitro benzene ring substituents is 1. The minimum atomic E-state index is -4.82. The summed E-state index contributed by atoms with van der Waals surface area (Å²) in [6.45, 7) is 1.61. The lowest BCUT2D eigenvalue weighted by Crippen LogP contribution is -2.29. The third-order valence-electron chi connectivity index (χ3n) is 2.41. The number of nitro groups is 1. The van der Waals surface area contributed by atoms with E-state index in [2.05, 4.69) is 5.32 Å². The highest BCUT2D eigenvalue weighted by Crippen LogP contribution is 2.38. The number of benzene rings is 1. The van der Waals surface area contributed by atoms with Gasteiger partial charge in [0.25, 0.3) is 11.6 Å². The fourth-order valence-electron chi connectivity index (χ4n) is 1.44. The van der Waals surface area contributed by atoms with Crippen molar-refractivity contribution in [3.05, 3.63) is 33.9 Å². The third-order valence-corrected chi connectivity index (χ3v) is 2.41. The molecule has 0 aliphatic rings. The molecule has 1 aromatic carbocycles. The molecule has 0 aromatic heterocycles. The van der Waals surface area contributed by atoms with E-state index in [0.29, 0.717) is 19.0 Å². The Morgan fingerprint density at radius 1 is 1.43 bits per heavy atom. The predicted molar refractivity (Wildman–Crippen MR) is 66.9 cm³/mol. The van der Waals surface area contributed by atoms with E-state index >= 15 is 0 Å². The first-order chi connectivity index (χ1) is 9.75. The number of carbonyl (C=O) groups excluding carboxylic acids is 1. The van der Waals surface area contributed by atoms with Crippen molar-refractivity contribution >= 4 is 11.6 Å². The second-order valence-corrected chi connectivity index (χ2v) is 4.07. The van der Waals surface area contributed by atoms with Crippen molar-refractivity contribution in [2.45, 2.75) is 19.5 Å². The van der Waals surface area contributed by atoms with Crippen LogP contribution in [0.4, 0.5) is 18.9 Å². The van der Waals surface area contributed by atoms with Crippen LogP contribution in [0.2, 0.25) is 0 Å². The molecule has 0 unspecified atom stereocenters. The summed E-state index contributed by atoms with van der Waals surface area (Å²) in [7, 11) is 0. The quantitative estimate of drug-likeness (QED) is 0.647. The number of nitrogens with zero attached hydrogens (tertiary/aromatic N) is 1. The highest BCUT2D eigenvalue weighted by atomic mass is 19.4. The Bertz CT molecular complexity index is 532. The van der Waals surface area contributed by atoms with E-state index in [4.69, 9.17) is 4.74 Å². The molecule has 0 fully saturated rings. The van der Waals surface area contributed by atoms with Gasteiger partial charge in [-0.1, -0.05) is 6.92 Å². The average Bonchev–Trinajstić information content (AvgIpc) is 2.41. The van der Waals surface area contributed by atoms with Gasteiger partial charge in [0.15, 0.2) is 6.61 Å². The molecule has 0 spiro atoms. The number of halogens is 3. The Morgan fingerprint density at radius 3 is 2.62 bits per heavy atom. The van der Waals surface area contributed by atoms with Crippen LogP contribution >= 0.6 is 0 Å². The van der Waals surface area contributed by atoms with Crippen LogP contribution < -0.4 is 10.1 Å². The normalized spacial score (nSPS) is 11.0. The van der Waals surface area contributed by atoms with E-state index in [1.807, 2.05) is 6.92 Å². The Balaban J connectivity index is 2.91. The van der Waals surface area contributed by atoms with E-state index in [-0.39, 0.29) is 0 Å². The molecule has 6 nitrogen and oxygen atoms in total. The molecule has 0 heterocycles. The molecule has 116 valence electrons. The van der Waals surface area contributed by atoms with Crippen molar-refractivity contribution in [3.8, 4) is 5.75 Å². The van der Waals surface area contributed by atoms with Crippen LogP contribution in [-0.2, 0) is 11.0 Å². The van der Waals surface area contributed by atoms with Gasteiger partial charge < -0.3 is 10.1 Å². The van der Waals surface area contributed by atoms with E-state index in [1.54, 1.807) is 0 Å². The average molecular weight is 306 g/mol. The largest absolute Gasteiger partial charge is 0.483 e. The van der Waals surface area contributed by atoms with Crippen LogP contribution in [0.15, 0.2) is 18.2 Å². The topological polar surface area (TPSA) is 81.5 Å². The molecule has 0 aliphatic carbocycles. The fraction of sp³-hybridized carbons (Fsp3) is 0.417. The number of ether oxygens (including phenoxy) is 1. The molecule has 0 aliphatic heterocycles.